The standard InChI is InChI=1S/C26H30N2O6/c1-16-7-8-17-11-19(25(29)27-21(17)10-16)14-28(15-20-6-5-9-34-20)26(30)18-12-22(31-2)24(33-4)23(13-18)32-3/h7-8,10-13,20H,5-6,9,14-15H2,1-4H3,(H,27,29). The predicted octanol–water partition coefficient (Wildman–Crippen LogP) is 3.68. The van der Waals surface area contributed by atoms with Gasteiger partial charge in [0.2, 0.25) is 5.75 Å². The van der Waals surface area contributed by atoms with Gasteiger partial charge in [-0.3, -0.25) is 9.59 Å². The SMILES string of the molecule is COc1cc(C(=O)N(Cc2cc3ccc(C)cc3[nH]c2=O)CC2CCCO2)cc(OC)c1OC. The molecule has 1 aliphatic heterocycles. The van der Waals surface area contributed by atoms with Gasteiger partial charge in [0.1, 0.15) is 0 Å². The number of methoxy groups -OCH3 is 3. The van der Waals surface area contributed by atoms with Crippen molar-refractivity contribution in [1.29, 1.82) is 0 Å². The summed E-state index contributed by atoms with van der Waals surface area (Å²) in [6.45, 7) is 3.17. The quantitative estimate of drug-likeness (QED) is 0.545. The number of fused-ring (bicyclic) bond motifs is 1. The second-order valence-electron chi connectivity index (χ2n) is 8.45. The average molecular weight is 467 g/mol. The van der Waals surface area contributed by atoms with Crippen LogP contribution in [0.15, 0.2) is 41.2 Å². The van der Waals surface area contributed by atoms with E-state index in [0.717, 1.165) is 29.3 Å². The van der Waals surface area contributed by atoms with E-state index in [-0.39, 0.29) is 24.1 Å². The Labute approximate surface area is 198 Å². The molecule has 0 radical (unpaired) electrons. The summed E-state index contributed by atoms with van der Waals surface area (Å²) in [6.07, 6.45) is 1.74. The molecule has 2 heterocycles. The van der Waals surface area contributed by atoms with Crippen molar-refractivity contribution in [2.24, 2.45) is 0 Å². The first-order valence-electron chi connectivity index (χ1n) is 11.3. The molecule has 1 aliphatic rings. The fraction of sp³-hybridized carbons (Fsp3) is 0.385. The largest absolute Gasteiger partial charge is 0.493 e. The van der Waals surface area contributed by atoms with Crippen molar-refractivity contribution >= 4 is 16.8 Å². The van der Waals surface area contributed by atoms with E-state index in [1.165, 1.54) is 21.3 Å². The zero-order valence-corrected chi connectivity index (χ0v) is 20.0. The van der Waals surface area contributed by atoms with Crippen LogP contribution in [-0.2, 0) is 11.3 Å². The summed E-state index contributed by atoms with van der Waals surface area (Å²) in [7, 11) is 4.52. The maximum Gasteiger partial charge on any atom is 0.254 e. The molecule has 1 N–H and O–H groups in total. The molecule has 1 saturated heterocycles. The average Bonchev–Trinajstić information content (AvgIpc) is 3.35. The lowest BCUT2D eigenvalue weighted by Gasteiger charge is -2.26. The van der Waals surface area contributed by atoms with E-state index in [4.69, 9.17) is 18.9 Å². The van der Waals surface area contributed by atoms with Gasteiger partial charge in [0.15, 0.2) is 11.5 Å². The number of amides is 1. The zero-order chi connectivity index (χ0) is 24.2. The normalized spacial score (nSPS) is 15.4. The van der Waals surface area contributed by atoms with Gasteiger partial charge in [-0.15, -0.1) is 0 Å². The van der Waals surface area contributed by atoms with Crippen LogP contribution in [0.4, 0.5) is 0 Å². The third-order valence-corrected chi connectivity index (χ3v) is 6.09. The number of rotatable bonds is 8. The Morgan fingerprint density at radius 3 is 2.44 bits per heavy atom. The first-order chi connectivity index (χ1) is 16.4. The summed E-state index contributed by atoms with van der Waals surface area (Å²) in [5, 5.41) is 0.914. The number of nitrogens with zero attached hydrogens (tertiary/aromatic N) is 1. The Kier molecular flexibility index (Phi) is 7.07. The number of ether oxygens (including phenoxy) is 4. The summed E-state index contributed by atoms with van der Waals surface area (Å²) in [5.41, 5.74) is 2.51. The topological polar surface area (TPSA) is 90.1 Å². The van der Waals surface area contributed by atoms with E-state index in [9.17, 15) is 9.59 Å². The molecule has 1 atom stereocenters. The highest BCUT2D eigenvalue weighted by molar-refractivity contribution is 5.95. The van der Waals surface area contributed by atoms with Gasteiger partial charge in [0.05, 0.1) is 34.0 Å². The van der Waals surface area contributed by atoms with Gasteiger partial charge in [-0.05, 0) is 55.0 Å². The monoisotopic (exact) mass is 466 g/mol. The van der Waals surface area contributed by atoms with Gasteiger partial charge < -0.3 is 28.8 Å². The molecule has 4 rings (SSSR count). The van der Waals surface area contributed by atoms with Crippen molar-refractivity contribution in [1.82, 2.24) is 9.88 Å². The van der Waals surface area contributed by atoms with Crippen molar-refractivity contribution in [3.63, 3.8) is 0 Å². The lowest BCUT2D eigenvalue weighted by Crippen LogP contribution is -2.38. The van der Waals surface area contributed by atoms with E-state index in [0.29, 0.717) is 41.5 Å². The molecule has 1 unspecified atom stereocenters. The van der Waals surface area contributed by atoms with Gasteiger partial charge in [-0.25, -0.2) is 0 Å². The van der Waals surface area contributed by atoms with Gasteiger partial charge in [-0.1, -0.05) is 12.1 Å². The Balaban J connectivity index is 1.71. The molecule has 8 nitrogen and oxygen atoms in total. The van der Waals surface area contributed by atoms with Crippen LogP contribution in [0.5, 0.6) is 17.2 Å². The molecule has 3 aromatic rings. The summed E-state index contributed by atoms with van der Waals surface area (Å²) in [6, 6.07) is 11.0. The molecule has 180 valence electrons. The van der Waals surface area contributed by atoms with Crippen LogP contribution in [0.3, 0.4) is 0 Å². The summed E-state index contributed by atoms with van der Waals surface area (Å²) >= 11 is 0. The second kappa shape index (κ2) is 10.2. The summed E-state index contributed by atoms with van der Waals surface area (Å²) < 4.78 is 22.0. The number of hydrogen-bond donors (Lipinski definition) is 1. The number of pyridine rings is 1. The Hall–Kier alpha value is -3.52. The third kappa shape index (κ3) is 4.87. The molecule has 0 saturated carbocycles. The highest BCUT2D eigenvalue weighted by atomic mass is 16.5. The fourth-order valence-electron chi connectivity index (χ4n) is 4.32. The van der Waals surface area contributed by atoms with Crippen molar-refractivity contribution in [3.8, 4) is 17.2 Å². The Bertz CT molecular complexity index is 1220. The van der Waals surface area contributed by atoms with Crippen LogP contribution in [0.1, 0.15) is 34.3 Å². The van der Waals surface area contributed by atoms with Crippen LogP contribution in [0, 0.1) is 6.92 Å². The molecule has 2 aromatic carbocycles. The summed E-state index contributed by atoms with van der Waals surface area (Å²) in [5.74, 6) is 0.939. The van der Waals surface area contributed by atoms with E-state index in [1.54, 1.807) is 17.0 Å². The molecule has 34 heavy (non-hydrogen) atoms. The number of hydrogen-bond acceptors (Lipinski definition) is 6. The first-order valence-corrected chi connectivity index (χ1v) is 11.3. The highest BCUT2D eigenvalue weighted by Crippen LogP contribution is 2.38. The number of aryl methyl sites for hydroxylation is 1. The minimum atomic E-state index is -0.252. The van der Waals surface area contributed by atoms with Crippen molar-refractivity contribution in [2.75, 3.05) is 34.5 Å². The smallest absolute Gasteiger partial charge is 0.254 e. The van der Waals surface area contributed by atoms with Crippen LogP contribution < -0.4 is 19.8 Å². The first kappa shape index (κ1) is 23.6. The fourth-order valence-corrected chi connectivity index (χ4v) is 4.32. The molecule has 0 spiro atoms. The number of aromatic amines is 1. The molecule has 1 aromatic heterocycles. The van der Waals surface area contributed by atoms with E-state index in [1.807, 2.05) is 31.2 Å². The van der Waals surface area contributed by atoms with E-state index in [2.05, 4.69) is 4.98 Å². The van der Waals surface area contributed by atoms with E-state index < -0.39 is 0 Å². The molecule has 1 amide bonds. The molecule has 1 fully saturated rings. The minimum absolute atomic E-state index is 0.0758. The maximum atomic E-state index is 13.7. The molecule has 0 aliphatic carbocycles. The molecule has 8 heteroatoms. The van der Waals surface area contributed by atoms with Gasteiger partial charge in [0.25, 0.3) is 11.5 Å². The van der Waals surface area contributed by atoms with Crippen molar-refractivity contribution in [2.45, 2.75) is 32.4 Å². The number of benzene rings is 2. The molecule has 0 bridgehead atoms. The number of nitrogens with one attached hydrogen (secondary N) is 1. The third-order valence-electron chi connectivity index (χ3n) is 6.09. The van der Waals surface area contributed by atoms with Crippen LogP contribution in [-0.4, -0.2) is 56.4 Å². The van der Waals surface area contributed by atoms with E-state index >= 15 is 0 Å². The van der Waals surface area contributed by atoms with Crippen LogP contribution in [0.25, 0.3) is 10.9 Å². The maximum absolute atomic E-state index is 13.7. The lowest BCUT2D eigenvalue weighted by molar-refractivity contribution is 0.0506. The molecular weight excluding hydrogens is 436 g/mol. The van der Waals surface area contributed by atoms with Crippen LogP contribution in [0.2, 0.25) is 0 Å². The summed E-state index contributed by atoms with van der Waals surface area (Å²) in [4.78, 5) is 31.2. The van der Waals surface area contributed by atoms with Crippen molar-refractivity contribution in [3.05, 3.63) is 63.4 Å². The van der Waals surface area contributed by atoms with Crippen LogP contribution >= 0.6 is 0 Å². The van der Waals surface area contributed by atoms with Gasteiger partial charge in [-0.2, -0.15) is 0 Å². The number of aromatic nitrogens is 1. The predicted molar refractivity (Wildman–Crippen MR) is 129 cm³/mol. The van der Waals surface area contributed by atoms with Gasteiger partial charge >= 0.3 is 0 Å². The second-order valence-corrected chi connectivity index (χ2v) is 8.45. The highest BCUT2D eigenvalue weighted by Gasteiger charge is 2.26. The van der Waals surface area contributed by atoms with Gasteiger partial charge in [0, 0.05) is 29.8 Å². The molecular formula is C26H30N2O6. The number of carbonyl (C=O) groups excluding carboxylic acids is 1. The minimum Gasteiger partial charge on any atom is -0.493 e. The zero-order valence-electron chi connectivity index (χ0n) is 20.0. The Morgan fingerprint density at radius 2 is 1.82 bits per heavy atom. The number of H-pyrrole nitrogens is 1. The lowest BCUT2D eigenvalue weighted by atomic mass is 10.1. The Morgan fingerprint density at radius 1 is 1.09 bits per heavy atom. The number of carbonyl (C=O) groups is 1. The van der Waals surface area contributed by atoms with Crippen molar-refractivity contribution < 1.29 is 23.7 Å².